The monoisotopic (exact) mass is 358 g/mol. The van der Waals surface area contributed by atoms with Crippen LogP contribution in [0.3, 0.4) is 0 Å². The second kappa shape index (κ2) is 6.67. The molecule has 0 saturated heterocycles. The minimum Gasteiger partial charge on any atom is -0.296 e. The number of hydrogen-bond acceptors (Lipinski definition) is 5. The molecule has 3 heterocycles. The van der Waals surface area contributed by atoms with Gasteiger partial charge in [0.15, 0.2) is 5.13 Å². The first-order valence-electron chi connectivity index (χ1n) is 7.27. The molecule has 0 aliphatic carbocycles. The van der Waals surface area contributed by atoms with E-state index in [1.165, 1.54) is 11.3 Å². The summed E-state index contributed by atoms with van der Waals surface area (Å²) in [6, 6.07) is 5.57. The summed E-state index contributed by atoms with van der Waals surface area (Å²) in [5, 5.41) is 5.66. The van der Waals surface area contributed by atoms with Gasteiger partial charge in [0.1, 0.15) is 10.8 Å². The minimum atomic E-state index is -0.271. The highest BCUT2D eigenvalue weighted by molar-refractivity contribution is 7.13. The molecule has 3 aromatic rings. The molecule has 3 aromatic heterocycles. The molecule has 1 N–H and O–H groups in total. The third kappa shape index (κ3) is 3.44. The predicted octanol–water partition coefficient (Wildman–Crippen LogP) is 4.43. The van der Waals surface area contributed by atoms with E-state index in [4.69, 9.17) is 11.6 Å². The van der Waals surface area contributed by atoms with Gasteiger partial charge >= 0.3 is 0 Å². The molecule has 122 valence electrons. The summed E-state index contributed by atoms with van der Waals surface area (Å²) in [4.78, 5) is 25.3. The predicted molar refractivity (Wildman–Crippen MR) is 96.8 cm³/mol. The molecule has 24 heavy (non-hydrogen) atoms. The molecule has 3 rings (SSSR count). The van der Waals surface area contributed by atoms with E-state index in [1.807, 2.05) is 38.3 Å². The average molecular weight is 359 g/mol. The van der Waals surface area contributed by atoms with Crippen LogP contribution in [0.15, 0.2) is 29.8 Å². The lowest BCUT2D eigenvalue weighted by Crippen LogP contribution is -2.16. The Balaban J connectivity index is 2.01. The van der Waals surface area contributed by atoms with E-state index in [-0.39, 0.29) is 5.91 Å². The summed E-state index contributed by atoms with van der Waals surface area (Å²) in [5.41, 5.74) is 4.60. The molecule has 0 aliphatic rings. The van der Waals surface area contributed by atoms with Gasteiger partial charge in [-0.05, 0) is 55.7 Å². The fourth-order valence-corrected chi connectivity index (χ4v) is 3.25. The lowest BCUT2D eigenvalue weighted by Gasteiger charge is -2.12. The largest absolute Gasteiger partial charge is 0.296 e. The van der Waals surface area contributed by atoms with E-state index in [9.17, 15) is 4.79 Å². The Hall–Kier alpha value is -2.31. The third-order valence-electron chi connectivity index (χ3n) is 3.49. The molecule has 0 atom stereocenters. The molecule has 0 saturated carbocycles. The number of pyridine rings is 2. The van der Waals surface area contributed by atoms with Crippen molar-refractivity contribution >= 4 is 34.0 Å². The number of anilines is 1. The van der Waals surface area contributed by atoms with Gasteiger partial charge in [-0.2, -0.15) is 0 Å². The van der Waals surface area contributed by atoms with Crippen molar-refractivity contribution in [2.45, 2.75) is 20.8 Å². The van der Waals surface area contributed by atoms with Gasteiger partial charge < -0.3 is 0 Å². The zero-order chi connectivity index (χ0) is 17.3. The van der Waals surface area contributed by atoms with Crippen molar-refractivity contribution in [2.24, 2.45) is 0 Å². The fraction of sp³-hybridized carbons (Fsp3) is 0.176. The fourth-order valence-electron chi connectivity index (χ4n) is 2.40. The van der Waals surface area contributed by atoms with Crippen molar-refractivity contribution in [2.75, 3.05) is 5.32 Å². The van der Waals surface area contributed by atoms with Gasteiger partial charge in [-0.15, -0.1) is 11.3 Å². The third-order valence-corrected chi connectivity index (χ3v) is 4.57. The van der Waals surface area contributed by atoms with Crippen LogP contribution in [0.1, 0.15) is 27.4 Å². The first kappa shape index (κ1) is 16.5. The molecule has 0 fully saturated rings. The normalized spacial score (nSPS) is 10.7. The van der Waals surface area contributed by atoms with Gasteiger partial charge in [0.25, 0.3) is 5.91 Å². The zero-order valence-corrected chi connectivity index (χ0v) is 15.0. The number of carbonyl (C=O) groups is 1. The maximum Gasteiger partial charge on any atom is 0.276 e. The van der Waals surface area contributed by atoms with Crippen LogP contribution in [-0.2, 0) is 0 Å². The summed E-state index contributed by atoms with van der Waals surface area (Å²) in [6.45, 7) is 5.61. The Morgan fingerprint density at radius 1 is 1.17 bits per heavy atom. The van der Waals surface area contributed by atoms with Gasteiger partial charge in [-0.1, -0.05) is 11.6 Å². The van der Waals surface area contributed by atoms with Gasteiger partial charge in [-0.25, -0.2) is 15.0 Å². The van der Waals surface area contributed by atoms with Crippen LogP contribution in [0.4, 0.5) is 5.13 Å². The number of halogens is 1. The molecule has 5 nitrogen and oxygen atoms in total. The van der Waals surface area contributed by atoms with Crippen molar-refractivity contribution in [3.05, 3.63) is 57.6 Å². The number of nitrogens with one attached hydrogen (secondary N) is 1. The first-order chi connectivity index (χ1) is 11.4. The van der Waals surface area contributed by atoms with Crippen LogP contribution in [0.25, 0.3) is 11.1 Å². The van der Waals surface area contributed by atoms with Crippen molar-refractivity contribution in [1.29, 1.82) is 0 Å². The molecule has 0 unspecified atom stereocenters. The Kier molecular flexibility index (Phi) is 4.59. The van der Waals surface area contributed by atoms with Crippen LogP contribution < -0.4 is 5.32 Å². The second-order valence-electron chi connectivity index (χ2n) is 5.40. The number of rotatable bonds is 3. The maximum absolute atomic E-state index is 12.6. The summed E-state index contributed by atoms with van der Waals surface area (Å²) >= 11 is 7.37. The van der Waals surface area contributed by atoms with Crippen LogP contribution in [0.2, 0.25) is 5.15 Å². The van der Waals surface area contributed by atoms with Crippen LogP contribution in [0.5, 0.6) is 0 Å². The van der Waals surface area contributed by atoms with Crippen molar-refractivity contribution in [3.8, 4) is 11.1 Å². The topological polar surface area (TPSA) is 67.8 Å². The lowest BCUT2D eigenvalue weighted by molar-refractivity contribution is 0.102. The Bertz CT molecular complexity index is 923. The summed E-state index contributed by atoms with van der Waals surface area (Å²) in [6.07, 6.45) is 1.64. The summed E-state index contributed by atoms with van der Waals surface area (Å²) < 4.78 is 0. The summed E-state index contributed by atoms with van der Waals surface area (Å²) in [7, 11) is 0. The van der Waals surface area contributed by atoms with Gasteiger partial charge in [0, 0.05) is 17.3 Å². The highest BCUT2D eigenvalue weighted by atomic mass is 35.5. The molecule has 0 aliphatic heterocycles. The minimum absolute atomic E-state index is 0.271. The molecule has 0 bridgehead atoms. The quantitative estimate of drug-likeness (QED) is 0.703. The van der Waals surface area contributed by atoms with Crippen LogP contribution in [0, 0.1) is 20.8 Å². The number of nitrogens with zero attached hydrogens (tertiary/aromatic N) is 3. The first-order valence-corrected chi connectivity index (χ1v) is 8.53. The number of hydrogen-bond donors (Lipinski definition) is 1. The highest BCUT2D eigenvalue weighted by Crippen LogP contribution is 2.27. The van der Waals surface area contributed by atoms with E-state index in [2.05, 4.69) is 20.3 Å². The highest BCUT2D eigenvalue weighted by Gasteiger charge is 2.17. The number of amides is 1. The second-order valence-corrected chi connectivity index (χ2v) is 6.65. The van der Waals surface area contributed by atoms with Crippen LogP contribution >= 0.6 is 22.9 Å². The molecule has 7 heteroatoms. The standard InChI is InChI=1S/C17H15ClN4OS/c1-9-6-13(12-4-5-19-14(18)7-12)11(3)15(20-9)16(23)22-17-21-10(2)8-24-17/h4-8H,1-3H3,(H,21,22,23). The van der Waals surface area contributed by atoms with Crippen molar-refractivity contribution in [1.82, 2.24) is 15.0 Å². The molecular weight excluding hydrogens is 344 g/mol. The Labute approximate surface area is 148 Å². The van der Waals surface area contributed by atoms with E-state index in [0.717, 1.165) is 28.1 Å². The Morgan fingerprint density at radius 2 is 1.96 bits per heavy atom. The Morgan fingerprint density at radius 3 is 2.62 bits per heavy atom. The van der Waals surface area contributed by atoms with E-state index >= 15 is 0 Å². The molecule has 0 radical (unpaired) electrons. The molecule has 0 spiro atoms. The summed E-state index contributed by atoms with van der Waals surface area (Å²) in [5.74, 6) is -0.271. The van der Waals surface area contributed by atoms with Gasteiger partial charge in [0.05, 0.1) is 5.69 Å². The van der Waals surface area contributed by atoms with Crippen molar-refractivity contribution < 1.29 is 4.79 Å². The lowest BCUT2D eigenvalue weighted by atomic mass is 9.99. The SMILES string of the molecule is Cc1csc(NC(=O)c2nc(C)cc(-c3ccnc(Cl)c3)c2C)n1. The van der Waals surface area contributed by atoms with Gasteiger partial charge in [0.2, 0.25) is 0 Å². The average Bonchev–Trinajstić information content (AvgIpc) is 2.94. The van der Waals surface area contributed by atoms with Crippen LogP contribution in [-0.4, -0.2) is 20.9 Å². The maximum atomic E-state index is 12.6. The van der Waals surface area contributed by atoms with E-state index in [0.29, 0.717) is 16.0 Å². The van der Waals surface area contributed by atoms with Crippen molar-refractivity contribution in [3.63, 3.8) is 0 Å². The number of aryl methyl sites for hydroxylation is 2. The smallest absolute Gasteiger partial charge is 0.276 e. The number of thiazole rings is 1. The zero-order valence-electron chi connectivity index (χ0n) is 13.4. The van der Waals surface area contributed by atoms with E-state index in [1.54, 1.807) is 12.3 Å². The molecule has 1 amide bonds. The van der Waals surface area contributed by atoms with Gasteiger partial charge in [-0.3, -0.25) is 10.1 Å². The number of aromatic nitrogens is 3. The molecular formula is C17H15ClN4OS. The molecule has 0 aromatic carbocycles. The van der Waals surface area contributed by atoms with E-state index < -0.39 is 0 Å². The number of carbonyl (C=O) groups excluding carboxylic acids is 1.